The van der Waals surface area contributed by atoms with Crippen molar-refractivity contribution in [1.29, 1.82) is 0 Å². The van der Waals surface area contributed by atoms with Gasteiger partial charge in [-0.3, -0.25) is 24.0 Å². The predicted molar refractivity (Wildman–Crippen MR) is 122 cm³/mol. The van der Waals surface area contributed by atoms with Gasteiger partial charge in [0.1, 0.15) is 5.82 Å². The smallest absolute Gasteiger partial charge is 0.330 e. The number of rotatable bonds is 7. The largest absolute Gasteiger partial charge is 0.383 e. The molecule has 3 rings (SSSR count). The van der Waals surface area contributed by atoms with Crippen LogP contribution < -0.4 is 21.9 Å². The fourth-order valence-electron chi connectivity index (χ4n) is 3.35. The summed E-state index contributed by atoms with van der Waals surface area (Å²) < 4.78 is 1.26. The van der Waals surface area contributed by atoms with Gasteiger partial charge in [0, 0.05) is 13.6 Å². The Morgan fingerprint density at radius 3 is 2.29 bits per heavy atom. The number of likely N-dealkylation sites (N-methyl/N-ethyl adjacent to an activating group) is 2. The minimum Gasteiger partial charge on any atom is -0.383 e. The minimum absolute atomic E-state index is 0.0377. The van der Waals surface area contributed by atoms with Crippen molar-refractivity contribution in [2.24, 2.45) is 0 Å². The van der Waals surface area contributed by atoms with Crippen molar-refractivity contribution in [3.63, 3.8) is 0 Å². The van der Waals surface area contributed by atoms with E-state index in [9.17, 15) is 14.4 Å². The summed E-state index contributed by atoms with van der Waals surface area (Å²) in [6, 6.07) is 17.3. The molecule has 3 aromatic rings. The van der Waals surface area contributed by atoms with Gasteiger partial charge in [-0.25, -0.2) is 4.79 Å². The number of anilines is 2. The summed E-state index contributed by atoms with van der Waals surface area (Å²) >= 11 is 0. The number of nitrogens with two attached hydrogens (primary N) is 1. The Bertz CT molecular complexity index is 1170. The molecule has 1 aromatic heterocycles. The highest BCUT2D eigenvalue weighted by atomic mass is 16.2. The first-order valence-electron chi connectivity index (χ1n) is 9.93. The third-order valence-electron chi connectivity index (χ3n) is 5.09. The summed E-state index contributed by atoms with van der Waals surface area (Å²) in [5.74, 6) is -0.355. The van der Waals surface area contributed by atoms with Crippen LogP contribution in [0.3, 0.4) is 0 Å². The molecule has 0 saturated heterocycles. The molecule has 0 fully saturated rings. The van der Waals surface area contributed by atoms with Gasteiger partial charge in [-0.05, 0) is 25.1 Å². The highest BCUT2D eigenvalue weighted by molar-refractivity contribution is 5.96. The Kier molecular flexibility index (Phi) is 6.71. The van der Waals surface area contributed by atoms with E-state index >= 15 is 0 Å². The first-order valence-corrected chi connectivity index (χ1v) is 9.93. The van der Waals surface area contributed by atoms with E-state index in [-0.39, 0.29) is 30.5 Å². The van der Waals surface area contributed by atoms with Crippen LogP contribution in [0.2, 0.25) is 0 Å². The number of hydrogen-bond donors (Lipinski definition) is 2. The van der Waals surface area contributed by atoms with Crippen LogP contribution in [0.25, 0.3) is 0 Å². The number of aromatic nitrogens is 2. The van der Waals surface area contributed by atoms with Crippen molar-refractivity contribution in [3.05, 3.63) is 92.1 Å². The zero-order valence-electron chi connectivity index (χ0n) is 18.0. The fraction of sp³-hybridized carbons (Fsp3) is 0.261. The highest BCUT2D eigenvalue weighted by Crippen LogP contribution is 2.17. The number of benzene rings is 2. The molecule has 0 aliphatic rings. The summed E-state index contributed by atoms with van der Waals surface area (Å²) in [4.78, 5) is 43.0. The van der Waals surface area contributed by atoms with Crippen molar-refractivity contribution < 1.29 is 4.79 Å². The Labute approximate surface area is 180 Å². The third-order valence-corrected chi connectivity index (χ3v) is 5.09. The number of nitrogens with one attached hydrogen (secondary N) is 1. The van der Waals surface area contributed by atoms with E-state index in [4.69, 9.17) is 5.73 Å². The summed E-state index contributed by atoms with van der Waals surface area (Å²) in [5.41, 5.74) is 7.93. The number of aromatic amines is 1. The average Bonchev–Trinajstić information content (AvgIpc) is 2.73. The normalized spacial score (nSPS) is 11.0. The second-order valence-corrected chi connectivity index (χ2v) is 7.68. The fourth-order valence-corrected chi connectivity index (χ4v) is 3.35. The van der Waals surface area contributed by atoms with Crippen LogP contribution >= 0.6 is 0 Å². The van der Waals surface area contributed by atoms with Gasteiger partial charge in [-0.15, -0.1) is 0 Å². The van der Waals surface area contributed by atoms with Crippen LogP contribution in [0.1, 0.15) is 16.7 Å². The summed E-state index contributed by atoms with van der Waals surface area (Å²) in [5, 5.41) is 0. The van der Waals surface area contributed by atoms with E-state index in [1.165, 1.54) is 22.1 Å². The zero-order valence-corrected chi connectivity index (χ0v) is 18.0. The number of amides is 1. The van der Waals surface area contributed by atoms with Crippen LogP contribution in [0.4, 0.5) is 11.5 Å². The maximum Gasteiger partial charge on any atom is 0.330 e. The van der Waals surface area contributed by atoms with Crippen molar-refractivity contribution in [2.45, 2.75) is 20.0 Å². The van der Waals surface area contributed by atoms with Crippen LogP contribution in [0.15, 0.2) is 64.2 Å². The molecule has 162 valence electrons. The highest BCUT2D eigenvalue weighted by Gasteiger charge is 2.22. The molecule has 0 aliphatic carbocycles. The van der Waals surface area contributed by atoms with E-state index in [2.05, 4.69) is 4.98 Å². The van der Waals surface area contributed by atoms with Crippen LogP contribution in [0.5, 0.6) is 0 Å². The van der Waals surface area contributed by atoms with Crippen molar-refractivity contribution in [2.75, 3.05) is 31.3 Å². The van der Waals surface area contributed by atoms with E-state index in [1.807, 2.05) is 73.5 Å². The summed E-state index contributed by atoms with van der Waals surface area (Å²) in [7, 11) is 3.32. The molecule has 1 heterocycles. The Balaban J connectivity index is 1.79. The van der Waals surface area contributed by atoms with Crippen LogP contribution in [-0.4, -0.2) is 41.0 Å². The van der Waals surface area contributed by atoms with Crippen LogP contribution in [-0.2, 0) is 17.9 Å². The molecular formula is C23H27N5O3. The van der Waals surface area contributed by atoms with Gasteiger partial charge < -0.3 is 10.6 Å². The maximum atomic E-state index is 12.8. The lowest BCUT2D eigenvalue weighted by molar-refractivity contribution is -0.119. The molecule has 2 aromatic carbocycles. The molecule has 3 N–H and O–H groups in total. The van der Waals surface area contributed by atoms with Gasteiger partial charge in [-0.2, -0.15) is 0 Å². The molecule has 8 heteroatoms. The quantitative estimate of drug-likeness (QED) is 0.603. The van der Waals surface area contributed by atoms with Crippen molar-refractivity contribution in [3.8, 4) is 0 Å². The van der Waals surface area contributed by atoms with Gasteiger partial charge in [0.2, 0.25) is 5.91 Å². The van der Waals surface area contributed by atoms with Gasteiger partial charge in [0.25, 0.3) is 5.56 Å². The molecule has 0 spiro atoms. The van der Waals surface area contributed by atoms with Crippen molar-refractivity contribution >= 4 is 17.4 Å². The van der Waals surface area contributed by atoms with E-state index in [0.717, 1.165) is 11.1 Å². The molecule has 8 nitrogen and oxygen atoms in total. The number of carbonyl (C=O) groups excluding carboxylic acids is 1. The van der Waals surface area contributed by atoms with Gasteiger partial charge in [0.05, 0.1) is 13.1 Å². The molecular weight excluding hydrogens is 394 g/mol. The number of aryl methyl sites for hydroxylation is 1. The Hall–Kier alpha value is -3.65. The first kappa shape index (κ1) is 22.0. The molecule has 0 atom stereocenters. The van der Waals surface area contributed by atoms with Crippen molar-refractivity contribution in [1.82, 2.24) is 14.5 Å². The number of hydrogen-bond acceptors (Lipinski definition) is 5. The molecule has 0 bridgehead atoms. The monoisotopic (exact) mass is 421 g/mol. The second kappa shape index (κ2) is 9.44. The Morgan fingerprint density at radius 2 is 1.65 bits per heavy atom. The number of nitrogen functional groups attached to an aromatic ring is 1. The second-order valence-electron chi connectivity index (χ2n) is 7.68. The third kappa shape index (κ3) is 5.29. The minimum atomic E-state index is -0.691. The number of H-pyrrole nitrogens is 1. The molecule has 0 saturated carbocycles. The molecule has 0 unspecified atom stereocenters. The van der Waals surface area contributed by atoms with E-state index in [1.54, 1.807) is 0 Å². The SMILES string of the molecule is Cc1ccc(CN(C)CC(=O)N(C)c2c(N)n(Cc3ccccc3)c(=O)[nH]c2=O)cc1. The predicted octanol–water partition coefficient (Wildman–Crippen LogP) is 1.57. The average molecular weight is 422 g/mol. The van der Waals surface area contributed by atoms with Gasteiger partial charge in [0.15, 0.2) is 5.69 Å². The number of nitrogens with zero attached hydrogens (tertiary/aromatic N) is 3. The molecule has 0 radical (unpaired) electrons. The molecule has 1 amide bonds. The maximum absolute atomic E-state index is 12.8. The summed E-state index contributed by atoms with van der Waals surface area (Å²) in [6.07, 6.45) is 0. The topological polar surface area (TPSA) is 104 Å². The van der Waals surface area contributed by atoms with Crippen LogP contribution in [0, 0.1) is 6.92 Å². The lowest BCUT2D eigenvalue weighted by Crippen LogP contribution is -2.42. The lowest BCUT2D eigenvalue weighted by Gasteiger charge is -2.23. The lowest BCUT2D eigenvalue weighted by atomic mass is 10.1. The van der Waals surface area contributed by atoms with E-state index in [0.29, 0.717) is 6.54 Å². The summed E-state index contributed by atoms with van der Waals surface area (Å²) in [6.45, 7) is 2.87. The van der Waals surface area contributed by atoms with Gasteiger partial charge >= 0.3 is 5.69 Å². The number of carbonyl (C=O) groups is 1. The Morgan fingerprint density at radius 1 is 1.00 bits per heavy atom. The van der Waals surface area contributed by atoms with Gasteiger partial charge in [-0.1, -0.05) is 60.2 Å². The molecule has 0 aliphatic heterocycles. The zero-order chi connectivity index (χ0) is 22.5. The molecule has 31 heavy (non-hydrogen) atoms. The first-order chi connectivity index (χ1) is 14.8. The van der Waals surface area contributed by atoms with E-state index < -0.39 is 11.2 Å². The standard InChI is InChI=1S/C23H27N5O3/c1-16-9-11-18(12-10-16)13-26(2)15-19(29)27(3)20-21(24)28(23(31)25-22(20)30)14-17-7-5-4-6-8-17/h4-12H,13-15,24H2,1-3H3,(H,25,30,31).